The number of hydrogen-bond donors (Lipinski definition) is 0. The van der Waals surface area contributed by atoms with E-state index in [1.807, 2.05) is 20.8 Å². The molecule has 0 N–H and O–H groups in total. The highest BCUT2D eigenvalue weighted by atomic mass is 16.2. The maximum Gasteiger partial charge on any atom is 0.333 e. The van der Waals surface area contributed by atoms with Crippen LogP contribution in [0.25, 0.3) is 0 Å². The molecule has 0 saturated carbocycles. The van der Waals surface area contributed by atoms with Crippen molar-refractivity contribution in [3.63, 3.8) is 0 Å². The molecular weight excluding hydrogens is 208 g/mol. The molecule has 1 heterocycles. The van der Waals surface area contributed by atoms with Gasteiger partial charge in [-0.3, -0.25) is 19.4 Å². The van der Waals surface area contributed by atoms with E-state index in [1.54, 1.807) is 6.08 Å². The molecule has 0 unspecified atom stereocenters. The molecule has 5 nitrogen and oxygen atoms in total. The van der Waals surface area contributed by atoms with E-state index in [0.717, 1.165) is 9.80 Å². The summed E-state index contributed by atoms with van der Waals surface area (Å²) in [5.41, 5.74) is -0.236. The molecule has 0 spiro atoms. The second kappa shape index (κ2) is 3.73. The summed E-state index contributed by atoms with van der Waals surface area (Å²) in [6.45, 7) is 5.66. The smallest absolute Gasteiger partial charge is 0.268 e. The Morgan fingerprint density at radius 1 is 0.938 bits per heavy atom. The molecule has 1 saturated heterocycles. The minimum Gasteiger partial charge on any atom is -0.268 e. The summed E-state index contributed by atoms with van der Waals surface area (Å²) in [5.74, 6) is -1.08. The van der Waals surface area contributed by atoms with Gasteiger partial charge in [-0.2, -0.15) is 0 Å². The van der Waals surface area contributed by atoms with Crippen molar-refractivity contribution >= 4 is 17.8 Å². The lowest BCUT2D eigenvalue weighted by Gasteiger charge is -2.30. The SMILES string of the molecule is CN1C(=O)C(=CC(C)(C)C)C(=O)N(C)C1=O. The van der Waals surface area contributed by atoms with Crippen molar-refractivity contribution in [2.24, 2.45) is 5.41 Å². The van der Waals surface area contributed by atoms with Gasteiger partial charge in [0.1, 0.15) is 5.57 Å². The number of hydrogen-bond acceptors (Lipinski definition) is 3. The number of amides is 4. The quantitative estimate of drug-likeness (QED) is 0.456. The van der Waals surface area contributed by atoms with E-state index in [9.17, 15) is 14.4 Å². The molecule has 0 radical (unpaired) electrons. The van der Waals surface area contributed by atoms with E-state index in [1.165, 1.54) is 14.1 Å². The Morgan fingerprint density at radius 2 is 1.31 bits per heavy atom. The van der Waals surface area contributed by atoms with E-state index in [4.69, 9.17) is 0 Å². The molecule has 0 aromatic rings. The Balaban J connectivity index is 3.20. The Kier molecular flexibility index (Phi) is 2.90. The number of likely N-dealkylation sites (N-methyl/N-ethyl adjacent to an activating group) is 2. The van der Waals surface area contributed by atoms with Crippen molar-refractivity contribution in [1.82, 2.24) is 9.80 Å². The summed E-state index contributed by atoms with van der Waals surface area (Å²) in [6.07, 6.45) is 1.59. The molecule has 1 aliphatic rings. The van der Waals surface area contributed by atoms with Crippen molar-refractivity contribution in [3.05, 3.63) is 11.6 Å². The highest BCUT2D eigenvalue weighted by molar-refractivity contribution is 6.28. The van der Waals surface area contributed by atoms with E-state index in [2.05, 4.69) is 0 Å². The number of urea groups is 1. The van der Waals surface area contributed by atoms with Gasteiger partial charge in [0.25, 0.3) is 11.8 Å². The summed E-state index contributed by atoms with van der Waals surface area (Å²) in [4.78, 5) is 36.8. The maximum atomic E-state index is 11.8. The number of nitrogens with zero attached hydrogens (tertiary/aromatic N) is 2. The fourth-order valence-electron chi connectivity index (χ4n) is 1.41. The highest BCUT2D eigenvalue weighted by Crippen LogP contribution is 2.22. The predicted molar refractivity (Wildman–Crippen MR) is 58.5 cm³/mol. The van der Waals surface area contributed by atoms with Gasteiger partial charge in [-0.15, -0.1) is 0 Å². The van der Waals surface area contributed by atoms with Crippen molar-refractivity contribution in [2.75, 3.05) is 14.1 Å². The molecular formula is C11H16N2O3. The van der Waals surface area contributed by atoms with Crippen LogP contribution in [-0.4, -0.2) is 41.7 Å². The third kappa shape index (κ3) is 2.13. The monoisotopic (exact) mass is 224 g/mol. The standard InChI is InChI=1S/C11H16N2O3/c1-11(2,3)6-7-8(14)12(4)10(16)13(5)9(7)15/h6H,1-5H3. The largest absolute Gasteiger partial charge is 0.333 e. The lowest BCUT2D eigenvalue weighted by Crippen LogP contribution is -2.53. The van der Waals surface area contributed by atoms with Crippen LogP contribution in [0.5, 0.6) is 0 Å². The summed E-state index contributed by atoms with van der Waals surface area (Å²) >= 11 is 0. The van der Waals surface area contributed by atoms with Gasteiger partial charge in [-0.25, -0.2) is 4.79 Å². The Bertz CT molecular complexity index is 365. The van der Waals surface area contributed by atoms with Crippen LogP contribution < -0.4 is 0 Å². The summed E-state index contributed by atoms with van der Waals surface area (Å²) in [6, 6.07) is -0.596. The first kappa shape index (κ1) is 12.4. The zero-order chi connectivity index (χ0) is 12.7. The van der Waals surface area contributed by atoms with Crippen molar-refractivity contribution in [2.45, 2.75) is 20.8 Å². The van der Waals surface area contributed by atoms with Crippen LogP contribution in [-0.2, 0) is 9.59 Å². The van der Waals surface area contributed by atoms with Crippen LogP contribution in [0.3, 0.4) is 0 Å². The molecule has 0 aliphatic carbocycles. The van der Waals surface area contributed by atoms with Gasteiger partial charge < -0.3 is 0 Å². The van der Waals surface area contributed by atoms with E-state index in [0.29, 0.717) is 0 Å². The Morgan fingerprint density at radius 3 is 1.62 bits per heavy atom. The zero-order valence-electron chi connectivity index (χ0n) is 10.2. The minimum absolute atomic E-state index is 0.0529. The average molecular weight is 224 g/mol. The molecule has 1 aliphatic heterocycles. The van der Waals surface area contributed by atoms with E-state index >= 15 is 0 Å². The average Bonchev–Trinajstić information content (AvgIpc) is 2.17. The van der Waals surface area contributed by atoms with Gasteiger partial charge in [-0.05, 0) is 5.41 Å². The van der Waals surface area contributed by atoms with E-state index in [-0.39, 0.29) is 11.0 Å². The molecule has 0 aromatic carbocycles. The number of carbonyl (C=O) groups excluding carboxylic acids is 3. The molecule has 0 bridgehead atoms. The number of barbiturate groups is 1. The Labute approximate surface area is 94.7 Å². The molecule has 16 heavy (non-hydrogen) atoms. The van der Waals surface area contributed by atoms with Crippen LogP contribution in [0.1, 0.15) is 20.8 Å². The lowest BCUT2D eigenvalue weighted by atomic mass is 9.92. The molecule has 1 rings (SSSR count). The maximum absolute atomic E-state index is 11.8. The summed E-state index contributed by atoms with van der Waals surface area (Å²) in [5, 5.41) is 0. The first-order valence-corrected chi connectivity index (χ1v) is 4.98. The predicted octanol–water partition coefficient (Wildman–Crippen LogP) is 1.01. The molecule has 88 valence electrons. The van der Waals surface area contributed by atoms with Crippen molar-refractivity contribution in [3.8, 4) is 0 Å². The molecule has 5 heteroatoms. The first-order chi connectivity index (χ1) is 7.15. The summed E-state index contributed by atoms with van der Waals surface area (Å²) < 4.78 is 0. The van der Waals surface area contributed by atoms with Crippen LogP contribution in [0, 0.1) is 5.41 Å². The van der Waals surface area contributed by atoms with Gasteiger partial charge in [0.05, 0.1) is 0 Å². The van der Waals surface area contributed by atoms with Gasteiger partial charge in [0.15, 0.2) is 0 Å². The van der Waals surface area contributed by atoms with Gasteiger partial charge in [0, 0.05) is 14.1 Å². The van der Waals surface area contributed by atoms with E-state index < -0.39 is 17.8 Å². The lowest BCUT2D eigenvalue weighted by molar-refractivity contribution is -0.134. The Hall–Kier alpha value is -1.65. The molecule has 1 fully saturated rings. The van der Waals surface area contributed by atoms with Crippen LogP contribution in [0.2, 0.25) is 0 Å². The van der Waals surface area contributed by atoms with Crippen molar-refractivity contribution in [1.29, 1.82) is 0 Å². The number of allylic oxidation sites excluding steroid dienone is 1. The fourth-order valence-corrected chi connectivity index (χ4v) is 1.41. The van der Waals surface area contributed by atoms with Crippen LogP contribution >= 0.6 is 0 Å². The third-order valence-electron chi connectivity index (χ3n) is 2.22. The molecule has 0 atom stereocenters. The number of imide groups is 2. The van der Waals surface area contributed by atoms with Crippen LogP contribution in [0.15, 0.2) is 11.6 Å². The number of rotatable bonds is 0. The minimum atomic E-state index is -0.596. The number of carbonyl (C=O) groups is 3. The van der Waals surface area contributed by atoms with Crippen molar-refractivity contribution < 1.29 is 14.4 Å². The second-order valence-corrected chi connectivity index (χ2v) is 4.93. The van der Waals surface area contributed by atoms with Gasteiger partial charge in [0.2, 0.25) is 0 Å². The third-order valence-corrected chi connectivity index (χ3v) is 2.22. The topological polar surface area (TPSA) is 57.7 Å². The second-order valence-electron chi connectivity index (χ2n) is 4.93. The zero-order valence-corrected chi connectivity index (χ0v) is 10.2. The molecule has 0 aromatic heterocycles. The highest BCUT2D eigenvalue weighted by Gasteiger charge is 2.38. The van der Waals surface area contributed by atoms with Crippen LogP contribution in [0.4, 0.5) is 4.79 Å². The summed E-state index contributed by atoms with van der Waals surface area (Å²) in [7, 11) is 2.73. The molecule has 4 amide bonds. The fraction of sp³-hybridized carbons (Fsp3) is 0.545. The normalized spacial score (nSPS) is 18.3. The van der Waals surface area contributed by atoms with Gasteiger partial charge in [-0.1, -0.05) is 26.8 Å². The first-order valence-electron chi connectivity index (χ1n) is 4.98. The van der Waals surface area contributed by atoms with Gasteiger partial charge >= 0.3 is 6.03 Å².